The van der Waals surface area contributed by atoms with Crippen LogP contribution in [0.4, 0.5) is 4.39 Å². The first kappa shape index (κ1) is 17.3. The number of halogens is 1. The smallest absolute Gasteiger partial charge is 0.225 e. The van der Waals surface area contributed by atoms with Gasteiger partial charge in [0, 0.05) is 45.1 Å². The Bertz CT molecular complexity index is 1040. The molecule has 146 valence electrons. The summed E-state index contributed by atoms with van der Waals surface area (Å²) in [5.41, 5.74) is 1.02. The van der Waals surface area contributed by atoms with Crippen LogP contribution in [0.1, 0.15) is 5.82 Å². The summed E-state index contributed by atoms with van der Waals surface area (Å²) in [7, 11) is 1.70. The van der Waals surface area contributed by atoms with Crippen molar-refractivity contribution in [3.63, 3.8) is 0 Å². The van der Waals surface area contributed by atoms with Crippen LogP contribution >= 0.6 is 0 Å². The van der Waals surface area contributed by atoms with Gasteiger partial charge in [-0.3, -0.25) is 4.90 Å². The lowest BCUT2D eigenvalue weighted by molar-refractivity contribution is 0.0772. The average Bonchev–Trinajstić information content (AvgIpc) is 3.26. The topological polar surface area (TPSA) is 85.5 Å². The molecule has 2 aliphatic rings. The van der Waals surface area contributed by atoms with E-state index in [1.807, 2.05) is 0 Å². The predicted molar refractivity (Wildman–Crippen MR) is 98.2 cm³/mol. The van der Waals surface area contributed by atoms with Crippen LogP contribution in [0.25, 0.3) is 16.7 Å². The average molecular weight is 385 g/mol. The zero-order valence-electron chi connectivity index (χ0n) is 15.4. The molecule has 1 saturated heterocycles. The molecule has 4 bridgehead atoms. The molecule has 28 heavy (non-hydrogen) atoms. The molecule has 5 rings (SSSR count). The second kappa shape index (κ2) is 6.68. The van der Waals surface area contributed by atoms with Gasteiger partial charge < -0.3 is 14.6 Å². The van der Waals surface area contributed by atoms with E-state index in [0.717, 1.165) is 13.1 Å². The molecule has 0 saturated carbocycles. The van der Waals surface area contributed by atoms with Gasteiger partial charge in [-0.2, -0.15) is 10.1 Å². The van der Waals surface area contributed by atoms with Gasteiger partial charge in [0.15, 0.2) is 5.65 Å². The number of ether oxygens (including phenoxy) is 2. The van der Waals surface area contributed by atoms with Gasteiger partial charge in [0.1, 0.15) is 35.1 Å². The van der Waals surface area contributed by atoms with E-state index in [-0.39, 0.29) is 17.9 Å². The summed E-state index contributed by atoms with van der Waals surface area (Å²) < 4.78 is 27.0. The third-order valence-corrected chi connectivity index (χ3v) is 5.47. The van der Waals surface area contributed by atoms with Crippen LogP contribution in [0, 0.1) is 11.7 Å². The maximum Gasteiger partial charge on any atom is 0.225 e. The molecule has 1 unspecified atom stereocenters. The molecule has 3 aromatic rings. The van der Waals surface area contributed by atoms with Crippen LogP contribution < -0.4 is 4.74 Å². The van der Waals surface area contributed by atoms with E-state index in [9.17, 15) is 9.50 Å². The molecular formula is C19H20FN5O3. The highest BCUT2D eigenvalue weighted by Gasteiger charge is 2.34. The molecule has 2 aliphatic heterocycles. The largest absolute Gasteiger partial charge is 0.493 e. The van der Waals surface area contributed by atoms with Crippen molar-refractivity contribution in [2.75, 3.05) is 33.4 Å². The predicted octanol–water partition coefficient (Wildman–Crippen LogP) is 1.54. The van der Waals surface area contributed by atoms with Gasteiger partial charge in [-0.15, -0.1) is 0 Å². The lowest BCUT2D eigenvalue weighted by atomic mass is 10.0. The quantitative estimate of drug-likeness (QED) is 0.680. The number of rotatable bonds is 1. The zero-order valence-corrected chi connectivity index (χ0v) is 15.4. The Morgan fingerprint density at radius 3 is 3.04 bits per heavy atom. The van der Waals surface area contributed by atoms with Crippen LogP contribution in [-0.2, 0) is 11.2 Å². The molecule has 0 radical (unpaired) electrons. The minimum absolute atomic E-state index is 0.0546. The van der Waals surface area contributed by atoms with Crippen molar-refractivity contribution in [1.29, 1.82) is 0 Å². The number of hydrogen-bond acceptors (Lipinski definition) is 7. The number of benzene rings is 1. The van der Waals surface area contributed by atoms with Crippen molar-refractivity contribution in [2.24, 2.45) is 5.92 Å². The molecule has 4 heterocycles. The molecule has 0 spiro atoms. The number of nitrogens with zero attached hydrogens (tertiary/aromatic N) is 5. The fourth-order valence-electron chi connectivity index (χ4n) is 4.08. The lowest BCUT2D eigenvalue weighted by Crippen LogP contribution is -2.27. The van der Waals surface area contributed by atoms with Gasteiger partial charge in [0.2, 0.25) is 5.88 Å². The van der Waals surface area contributed by atoms with Crippen LogP contribution in [0.15, 0.2) is 24.4 Å². The fourth-order valence-corrected chi connectivity index (χ4v) is 4.08. The van der Waals surface area contributed by atoms with E-state index < -0.39 is 5.82 Å². The molecule has 3 atom stereocenters. The van der Waals surface area contributed by atoms with E-state index in [1.165, 1.54) is 18.3 Å². The summed E-state index contributed by atoms with van der Waals surface area (Å²) in [4.78, 5) is 11.2. The molecule has 2 aromatic heterocycles. The summed E-state index contributed by atoms with van der Waals surface area (Å²) in [5.74, 6) is 0.610. The Labute approximate surface area is 160 Å². The highest BCUT2D eigenvalue weighted by molar-refractivity contribution is 5.81. The second-order valence-corrected chi connectivity index (χ2v) is 7.22. The van der Waals surface area contributed by atoms with Crippen molar-refractivity contribution in [2.45, 2.75) is 12.5 Å². The molecular weight excluding hydrogens is 365 g/mol. The van der Waals surface area contributed by atoms with Crippen molar-refractivity contribution >= 4 is 11.0 Å². The lowest BCUT2D eigenvalue weighted by Gasteiger charge is -2.17. The number of aromatic nitrogens is 4. The number of hydrogen-bond donors (Lipinski definition) is 1. The van der Waals surface area contributed by atoms with E-state index in [2.05, 4.69) is 20.0 Å². The SMILES string of the molecule is CO[C@@H]1CN2CCOc3cc(F)ccc3-n3ncc4c(O)nc(nc43)C[C@H]1C2. The van der Waals surface area contributed by atoms with Crippen molar-refractivity contribution in [3.8, 4) is 17.3 Å². The minimum atomic E-state index is -0.390. The Morgan fingerprint density at radius 2 is 2.18 bits per heavy atom. The van der Waals surface area contributed by atoms with E-state index in [1.54, 1.807) is 17.9 Å². The monoisotopic (exact) mass is 385 g/mol. The third kappa shape index (κ3) is 2.87. The molecule has 1 aromatic carbocycles. The molecule has 1 N–H and O–H groups in total. The number of aromatic hydroxyl groups is 1. The van der Waals surface area contributed by atoms with Crippen LogP contribution in [0.3, 0.4) is 0 Å². The third-order valence-electron chi connectivity index (χ3n) is 5.47. The summed E-state index contributed by atoms with van der Waals surface area (Å²) >= 11 is 0. The molecule has 9 heteroatoms. The first-order valence-electron chi connectivity index (χ1n) is 9.24. The summed E-state index contributed by atoms with van der Waals surface area (Å²) in [6, 6.07) is 4.29. The Balaban J connectivity index is 1.68. The Hall–Kier alpha value is -2.78. The van der Waals surface area contributed by atoms with E-state index in [0.29, 0.717) is 47.9 Å². The fraction of sp³-hybridized carbons (Fsp3) is 0.421. The second-order valence-electron chi connectivity index (χ2n) is 7.22. The summed E-state index contributed by atoms with van der Waals surface area (Å²) in [5, 5.41) is 15.2. The van der Waals surface area contributed by atoms with Crippen molar-refractivity contribution < 1.29 is 19.0 Å². The van der Waals surface area contributed by atoms with Gasteiger partial charge in [-0.05, 0) is 12.1 Å². The molecule has 1 fully saturated rings. The maximum atomic E-state index is 13.9. The number of methoxy groups -OCH3 is 1. The van der Waals surface area contributed by atoms with Crippen molar-refractivity contribution in [1.82, 2.24) is 24.6 Å². The van der Waals surface area contributed by atoms with Crippen LogP contribution in [0.2, 0.25) is 0 Å². The summed E-state index contributed by atoms with van der Waals surface area (Å²) in [6.45, 7) is 2.72. The normalized spacial score (nSPS) is 24.3. The minimum Gasteiger partial charge on any atom is -0.493 e. The highest BCUT2D eigenvalue weighted by atomic mass is 19.1. The molecule has 0 aliphatic carbocycles. The van der Waals surface area contributed by atoms with Crippen LogP contribution in [0.5, 0.6) is 11.6 Å². The Kier molecular flexibility index (Phi) is 4.13. The highest BCUT2D eigenvalue weighted by Crippen LogP contribution is 2.31. The van der Waals surface area contributed by atoms with Gasteiger partial charge in [0.25, 0.3) is 0 Å². The standard InChI is InChI=1S/C19H20FN5O3/c1-27-16-10-24-4-5-28-15-7-12(20)2-3-14(15)25-18-13(8-21-25)19(26)23-17(22-18)6-11(16)9-24/h2-3,7-8,11,16H,4-6,9-10H2,1H3,(H,22,23,26)/t11-,16+/m0/s1. The first-order chi connectivity index (χ1) is 13.6. The van der Waals surface area contributed by atoms with Crippen LogP contribution in [-0.4, -0.2) is 69.2 Å². The first-order valence-corrected chi connectivity index (χ1v) is 9.24. The van der Waals surface area contributed by atoms with Gasteiger partial charge in [0.05, 0.1) is 12.3 Å². The van der Waals surface area contributed by atoms with Gasteiger partial charge in [-0.25, -0.2) is 14.1 Å². The zero-order chi connectivity index (χ0) is 19.3. The summed E-state index contributed by atoms with van der Waals surface area (Å²) in [6.07, 6.45) is 2.14. The van der Waals surface area contributed by atoms with E-state index >= 15 is 0 Å². The Morgan fingerprint density at radius 1 is 1.29 bits per heavy atom. The van der Waals surface area contributed by atoms with Gasteiger partial charge in [-0.1, -0.05) is 0 Å². The number of fused-ring (bicyclic) bond motifs is 5. The molecule has 0 amide bonds. The molecule has 8 nitrogen and oxygen atoms in total. The van der Waals surface area contributed by atoms with E-state index in [4.69, 9.17) is 9.47 Å². The van der Waals surface area contributed by atoms with Crippen molar-refractivity contribution in [3.05, 3.63) is 36.0 Å². The maximum absolute atomic E-state index is 13.9. The van der Waals surface area contributed by atoms with Gasteiger partial charge >= 0.3 is 0 Å².